The first-order chi connectivity index (χ1) is 10.7. The van der Waals surface area contributed by atoms with E-state index in [9.17, 15) is 9.59 Å². The van der Waals surface area contributed by atoms with Crippen molar-refractivity contribution in [1.29, 1.82) is 0 Å². The third-order valence-electron chi connectivity index (χ3n) is 3.48. The Balaban J connectivity index is 1.57. The molecule has 2 aromatic rings. The van der Waals surface area contributed by atoms with Crippen LogP contribution in [0.3, 0.4) is 0 Å². The van der Waals surface area contributed by atoms with Crippen molar-refractivity contribution in [1.82, 2.24) is 14.8 Å². The lowest BCUT2D eigenvalue weighted by Gasteiger charge is -2.23. The van der Waals surface area contributed by atoms with E-state index in [2.05, 4.69) is 20.8 Å². The van der Waals surface area contributed by atoms with Gasteiger partial charge in [-0.15, -0.1) is 10.2 Å². The van der Waals surface area contributed by atoms with Crippen LogP contribution >= 0.6 is 0 Å². The Hall–Kier alpha value is -3.10. The summed E-state index contributed by atoms with van der Waals surface area (Å²) in [6, 6.07) is 4.41. The lowest BCUT2D eigenvalue weighted by atomic mass is 10.1. The predicted molar refractivity (Wildman–Crippen MR) is 73.5 cm³/mol. The van der Waals surface area contributed by atoms with E-state index in [0.717, 1.165) is 0 Å². The molecule has 22 heavy (non-hydrogen) atoms. The first kappa shape index (κ1) is 12.6. The molecule has 0 saturated heterocycles. The monoisotopic (exact) mass is 301 g/mol. The molecule has 2 N–H and O–H groups in total. The van der Waals surface area contributed by atoms with Gasteiger partial charge in [0.2, 0.25) is 24.6 Å². The summed E-state index contributed by atoms with van der Waals surface area (Å²) in [6.45, 7) is 0.166. The Kier molecular flexibility index (Phi) is 2.71. The van der Waals surface area contributed by atoms with Crippen LogP contribution in [0.25, 0.3) is 0 Å². The standard InChI is InChI=1S/C13H11N5O4/c19-11-4-8(18-5-14-17-13(18)16-11)12(20)15-7-1-2-9-10(3-7)22-6-21-9/h1-3,5,8H,4,6H2,(H,15,20)(H,16,17,19). The van der Waals surface area contributed by atoms with Crippen LogP contribution in [-0.4, -0.2) is 33.4 Å². The van der Waals surface area contributed by atoms with E-state index >= 15 is 0 Å². The van der Waals surface area contributed by atoms with Crippen LogP contribution in [0.1, 0.15) is 12.5 Å². The molecule has 0 spiro atoms. The number of nitrogens with one attached hydrogen (secondary N) is 2. The molecule has 1 unspecified atom stereocenters. The van der Waals surface area contributed by atoms with Gasteiger partial charge < -0.3 is 14.8 Å². The van der Waals surface area contributed by atoms with Crippen LogP contribution in [0, 0.1) is 0 Å². The molecule has 0 bridgehead atoms. The molecule has 9 heteroatoms. The van der Waals surface area contributed by atoms with Crippen molar-refractivity contribution in [2.75, 3.05) is 17.4 Å². The highest BCUT2D eigenvalue weighted by atomic mass is 16.7. The van der Waals surface area contributed by atoms with E-state index in [-0.39, 0.29) is 31.0 Å². The maximum absolute atomic E-state index is 12.4. The Bertz CT molecular complexity index is 772. The molecule has 9 nitrogen and oxygen atoms in total. The zero-order valence-electron chi connectivity index (χ0n) is 11.3. The maximum atomic E-state index is 12.4. The number of hydrogen-bond donors (Lipinski definition) is 2. The quantitative estimate of drug-likeness (QED) is 0.837. The summed E-state index contributed by atoms with van der Waals surface area (Å²) in [5.41, 5.74) is 0.565. The second-order valence-corrected chi connectivity index (χ2v) is 4.89. The van der Waals surface area contributed by atoms with Gasteiger partial charge in [-0.05, 0) is 12.1 Å². The summed E-state index contributed by atoms with van der Waals surface area (Å²) >= 11 is 0. The molecule has 2 aliphatic heterocycles. The number of carbonyl (C=O) groups excluding carboxylic acids is 2. The predicted octanol–water partition coefficient (Wildman–Crippen LogP) is 0.529. The zero-order chi connectivity index (χ0) is 15.1. The van der Waals surface area contributed by atoms with Gasteiger partial charge in [0.25, 0.3) is 0 Å². The number of carbonyl (C=O) groups is 2. The van der Waals surface area contributed by atoms with E-state index in [4.69, 9.17) is 9.47 Å². The van der Waals surface area contributed by atoms with E-state index in [1.165, 1.54) is 10.9 Å². The number of aromatic nitrogens is 3. The smallest absolute Gasteiger partial charge is 0.248 e. The van der Waals surface area contributed by atoms with Crippen LogP contribution < -0.4 is 20.1 Å². The lowest BCUT2D eigenvalue weighted by molar-refractivity contribution is -0.125. The molecule has 4 rings (SSSR count). The van der Waals surface area contributed by atoms with E-state index in [1.54, 1.807) is 18.2 Å². The maximum Gasteiger partial charge on any atom is 0.248 e. The summed E-state index contributed by atoms with van der Waals surface area (Å²) in [6.07, 6.45) is 1.44. The van der Waals surface area contributed by atoms with Crippen LogP contribution in [0.5, 0.6) is 11.5 Å². The van der Waals surface area contributed by atoms with Gasteiger partial charge in [-0.25, -0.2) is 0 Å². The Labute approximate surface area is 124 Å². The number of hydrogen-bond acceptors (Lipinski definition) is 6. The van der Waals surface area contributed by atoms with Gasteiger partial charge >= 0.3 is 0 Å². The molecular weight excluding hydrogens is 290 g/mol. The fourth-order valence-electron chi connectivity index (χ4n) is 2.43. The largest absolute Gasteiger partial charge is 0.454 e. The van der Waals surface area contributed by atoms with Gasteiger partial charge in [-0.1, -0.05) is 0 Å². The minimum Gasteiger partial charge on any atom is -0.454 e. The SMILES string of the molecule is O=C1CC(C(=O)Nc2ccc3c(c2)OCO3)n2cnnc2N1. The highest BCUT2D eigenvalue weighted by molar-refractivity contribution is 6.00. The van der Waals surface area contributed by atoms with E-state index in [0.29, 0.717) is 17.2 Å². The number of rotatable bonds is 2. The molecule has 1 atom stereocenters. The minimum atomic E-state index is -0.691. The van der Waals surface area contributed by atoms with E-state index in [1.807, 2.05) is 0 Å². The number of anilines is 2. The molecule has 1 aromatic heterocycles. The summed E-state index contributed by atoms with van der Waals surface area (Å²) < 4.78 is 12.0. The average molecular weight is 301 g/mol. The van der Waals surface area contributed by atoms with Crippen molar-refractivity contribution < 1.29 is 19.1 Å². The van der Waals surface area contributed by atoms with Crippen LogP contribution in [-0.2, 0) is 9.59 Å². The molecular formula is C13H11N5O4. The van der Waals surface area contributed by atoms with Gasteiger partial charge in [-0.3, -0.25) is 19.5 Å². The summed E-state index contributed by atoms with van der Waals surface area (Å²) in [7, 11) is 0. The molecule has 0 aliphatic carbocycles. The topological polar surface area (TPSA) is 107 Å². The van der Waals surface area contributed by atoms with Crippen molar-refractivity contribution in [2.24, 2.45) is 0 Å². The zero-order valence-corrected chi connectivity index (χ0v) is 11.3. The van der Waals surface area contributed by atoms with Gasteiger partial charge in [0.1, 0.15) is 12.4 Å². The molecule has 3 heterocycles. The highest BCUT2D eigenvalue weighted by Crippen LogP contribution is 2.34. The van der Waals surface area contributed by atoms with Crippen molar-refractivity contribution in [3.05, 3.63) is 24.5 Å². The molecule has 0 fully saturated rings. The van der Waals surface area contributed by atoms with Crippen LogP contribution in [0.4, 0.5) is 11.6 Å². The van der Waals surface area contributed by atoms with Crippen molar-refractivity contribution in [2.45, 2.75) is 12.5 Å². The van der Waals surface area contributed by atoms with E-state index < -0.39 is 6.04 Å². The molecule has 112 valence electrons. The molecule has 0 radical (unpaired) electrons. The number of benzene rings is 1. The molecule has 1 aromatic carbocycles. The third kappa shape index (κ3) is 2.03. The first-order valence-corrected chi connectivity index (χ1v) is 6.60. The average Bonchev–Trinajstić information content (AvgIpc) is 3.13. The number of ether oxygens (including phenoxy) is 2. The second kappa shape index (κ2) is 4.72. The summed E-state index contributed by atoms with van der Waals surface area (Å²) in [4.78, 5) is 24.1. The second-order valence-electron chi connectivity index (χ2n) is 4.89. The van der Waals surface area contributed by atoms with Crippen molar-refractivity contribution in [3.63, 3.8) is 0 Å². The van der Waals surface area contributed by atoms with Gasteiger partial charge in [0.15, 0.2) is 11.5 Å². The number of fused-ring (bicyclic) bond motifs is 2. The lowest BCUT2D eigenvalue weighted by Crippen LogP contribution is -2.35. The Morgan fingerprint density at radius 2 is 2.23 bits per heavy atom. The first-order valence-electron chi connectivity index (χ1n) is 6.60. The fraction of sp³-hybridized carbons (Fsp3) is 0.231. The Morgan fingerprint density at radius 1 is 1.36 bits per heavy atom. The normalized spacial score (nSPS) is 18.5. The Morgan fingerprint density at radius 3 is 3.14 bits per heavy atom. The van der Waals surface area contributed by atoms with Gasteiger partial charge in [0, 0.05) is 11.8 Å². The third-order valence-corrected chi connectivity index (χ3v) is 3.48. The molecule has 2 amide bonds. The van der Waals surface area contributed by atoms with Crippen LogP contribution in [0.15, 0.2) is 24.5 Å². The van der Waals surface area contributed by atoms with Crippen LogP contribution in [0.2, 0.25) is 0 Å². The molecule has 0 saturated carbocycles. The summed E-state index contributed by atoms with van der Waals surface area (Å²) in [5.74, 6) is 0.878. The van der Waals surface area contributed by atoms with Crippen molar-refractivity contribution >= 4 is 23.5 Å². The minimum absolute atomic E-state index is 0.0292. The molecule has 2 aliphatic rings. The van der Waals surface area contributed by atoms with Gasteiger partial charge in [-0.2, -0.15) is 0 Å². The van der Waals surface area contributed by atoms with Crippen molar-refractivity contribution in [3.8, 4) is 11.5 Å². The number of amides is 2. The van der Waals surface area contributed by atoms with Gasteiger partial charge in [0.05, 0.1) is 6.42 Å². The highest BCUT2D eigenvalue weighted by Gasteiger charge is 2.31. The number of nitrogens with zero attached hydrogens (tertiary/aromatic N) is 3. The summed E-state index contributed by atoms with van der Waals surface area (Å²) in [5, 5.41) is 12.8. The fourth-order valence-corrected chi connectivity index (χ4v) is 2.43.